The highest BCUT2D eigenvalue weighted by Crippen LogP contribution is 2.12. The lowest BCUT2D eigenvalue weighted by molar-refractivity contribution is -0.125. The number of nitrogens with one attached hydrogen (secondary N) is 1. The first-order valence-corrected chi connectivity index (χ1v) is 7.73. The Morgan fingerprint density at radius 2 is 2.06 bits per heavy atom. The highest BCUT2D eigenvalue weighted by molar-refractivity contribution is 7.88. The second-order valence-corrected chi connectivity index (χ2v) is 6.44. The third-order valence-corrected chi connectivity index (χ3v) is 4.34. The van der Waals surface area contributed by atoms with Crippen LogP contribution in [0.5, 0.6) is 0 Å². The molecule has 1 rings (SSSR count). The van der Waals surface area contributed by atoms with Crippen LogP contribution in [-0.4, -0.2) is 81.3 Å². The molecular formula is C10H21N3O4S. The lowest BCUT2D eigenvalue weighted by Crippen LogP contribution is -2.41. The summed E-state index contributed by atoms with van der Waals surface area (Å²) >= 11 is 0. The van der Waals surface area contributed by atoms with Crippen LogP contribution in [-0.2, 0) is 14.8 Å². The van der Waals surface area contributed by atoms with Crippen LogP contribution in [0.2, 0.25) is 0 Å². The van der Waals surface area contributed by atoms with Crippen LogP contribution >= 0.6 is 0 Å². The SMILES string of the molecule is CNC(=O)[C@H]1CN(CCO)CCN(S(C)(=O)=O)C1. The maximum Gasteiger partial charge on any atom is 0.225 e. The summed E-state index contributed by atoms with van der Waals surface area (Å²) in [6, 6.07) is 0. The molecule has 0 aromatic heterocycles. The zero-order chi connectivity index (χ0) is 13.8. The van der Waals surface area contributed by atoms with E-state index in [9.17, 15) is 13.2 Å². The number of rotatable bonds is 4. The molecule has 1 saturated heterocycles. The monoisotopic (exact) mass is 279 g/mol. The number of aliphatic hydroxyl groups is 1. The first-order chi connectivity index (χ1) is 8.38. The molecule has 1 heterocycles. The van der Waals surface area contributed by atoms with Gasteiger partial charge in [0.25, 0.3) is 0 Å². The molecule has 0 unspecified atom stereocenters. The Hall–Kier alpha value is -0.700. The molecule has 1 fully saturated rings. The lowest BCUT2D eigenvalue weighted by Gasteiger charge is -2.21. The summed E-state index contributed by atoms with van der Waals surface area (Å²) in [7, 11) is -1.76. The summed E-state index contributed by atoms with van der Waals surface area (Å²) in [5.41, 5.74) is 0. The summed E-state index contributed by atoms with van der Waals surface area (Å²) in [6.07, 6.45) is 1.15. The van der Waals surface area contributed by atoms with E-state index in [1.165, 1.54) is 11.4 Å². The normalized spacial score (nSPS) is 23.6. The molecule has 0 aromatic rings. The predicted octanol–water partition coefficient (Wildman–Crippen LogP) is -2.08. The fourth-order valence-electron chi connectivity index (χ4n) is 2.07. The van der Waals surface area contributed by atoms with Crippen molar-refractivity contribution in [2.24, 2.45) is 5.92 Å². The number of aliphatic hydroxyl groups excluding tert-OH is 1. The molecule has 8 heteroatoms. The number of nitrogens with zero attached hydrogens (tertiary/aromatic N) is 2. The third kappa shape index (κ3) is 4.20. The number of hydrogen-bond donors (Lipinski definition) is 2. The van der Waals surface area contributed by atoms with Crippen LogP contribution in [0, 0.1) is 5.92 Å². The summed E-state index contributed by atoms with van der Waals surface area (Å²) in [5.74, 6) is -0.577. The minimum Gasteiger partial charge on any atom is -0.395 e. The molecule has 1 atom stereocenters. The number of carbonyl (C=O) groups is 1. The van der Waals surface area contributed by atoms with Crippen molar-refractivity contribution in [3.05, 3.63) is 0 Å². The molecule has 18 heavy (non-hydrogen) atoms. The van der Waals surface area contributed by atoms with E-state index in [1.807, 2.05) is 4.90 Å². The van der Waals surface area contributed by atoms with Crippen LogP contribution in [0.3, 0.4) is 0 Å². The van der Waals surface area contributed by atoms with Gasteiger partial charge in [-0.05, 0) is 0 Å². The van der Waals surface area contributed by atoms with Crippen molar-refractivity contribution >= 4 is 15.9 Å². The highest BCUT2D eigenvalue weighted by Gasteiger charge is 2.30. The van der Waals surface area contributed by atoms with Crippen molar-refractivity contribution in [1.29, 1.82) is 0 Å². The molecule has 0 radical (unpaired) electrons. The zero-order valence-corrected chi connectivity index (χ0v) is 11.6. The van der Waals surface area contributed by atoms with Crippen LogP contribution in [0.15, 0.2) is 0 Å². The average Bonchev–Trinajstić information content (AvgIpc) is 2.50. The second-order valence-electron chi connectivity index (χ2n) is 4.46. The third-order valence-electron chi connectivity index (χ3n) is 3.07. The predicted molar refractivity (Wildman–Crippen MR) is 67.5 cm³/mol. The van der Waals surface area contributed by atoms with Gasteiger partial charge in [-0.1, -0.05) is 0 Å². The number of amides is 1. The quantitative estimate of drug-likeness (QED) is 0.616. The van der Waals surface area contributed by atoms with Gasteiger partial charge in [-0.15, -0.1) is 0 Å². The van der Waals surface area contributed by atoms with Crippen molar-refractivity contribution in [2.45, 2.75) is 0 Å². The summed E-state index contributed by atoms with van der Waals surface area (Å²) in [4.78, 5) is 13.6. The van der Waals surface area contributed by atoms with E-state index in [1.54, 1.807) is 0 Å². The van der Waals surface area contributed by atoms with Crippen LogP contribution in [0.4, 0.5) is 0 Å². The van der Waals surface area contributed by atoms with Crippen LogP contribution in [0.1, 0.15) is 0 Å². The van der Waals surface area contributed by atoms with Gasteiger partial charge in [0.05, 0.1) is 18.8 Å². The second kappa shape index (κ2) is 6.46. The standard InChI is InChI=1S/C10H21N3O4S/c1-11-10(15)9-7-12(5-6-14)3-4-13(8-9)18(2,16)17/h9,14H,3-8H2,1-2H3,(H,11,15)/t9-/m0/s1. The molecule has 0 aromatic carbocycles. The van der Waals surface area contributed by atoms with Crippen LogP contribution in [0.25, 0.3) is 0 Å². The molecule has 0 aliphatic carbocycles. The van der Waals surface area contributed by atoms with Gasteiger partial charge in [0.1, 0.15) is 0 Å². The topological polar surface area (TPSA) is 90.0 Å². The van der Waals surface area contributed by atoms with E-state index in [2.05, 4.69) is 5.32 Å². The van der Waals surface area contributed by atoms with Gasteiger partial charge >= 0.3 is 0 Å². The van der Waals surface area contributed by atoms with E-state index in [4.69, 9.17) is 5.11 Å². The average molecular weight is 279 g/mol. The van der Waals surface area contributed by atoms with Gasteiger partial charge < -0.3 is 10.4 Å². The Morgan fingerprint density at radius 1 is 1.39 bits per heavy atom. The highest BCUT2D eigenvalue weighted by atomic mass is 32.2. The molecule has 106 valence electrons. The summed E-state index contributed by atoms with van der Waals surface area (Å²) in [5, 5.41) is 11.5. The number of hydrogen-bond acceptors (Lipinski definition) is 5. The molecule has 1 aliphatic heterocycles. The van der Waals surface area contributed by atoms with Gasteiger partial charge in [0, 0.05) is 39.8 Å². The van der Waals surface area contributed by atoms with Crippen LogP contribution < -0.4 is 5.32 Å². The Kier molecular flexibility index (Phi) is 5.51. The largest absolute Gasteiger partial charge is 0.395 e. The first-order valence-electron chi connectivity index (χ1n) is 5.88. The smallest absolute Gasteiger partial charge is 0.225 e. The molecule has 7 nitrogen and oxygen atoms in total. The minimum absolute atomic E-state index is 0.000656. The van der Waals surface area contributed by atoms with Gasteiger partial charge in [-0.2, -0.15) is 0 Å². The van der Waals surface area contributed by atoms with E-state index in [0.29, 0.717) is 26.2 Å². The van der Waals surface area contributed by atoms with Gasteiger partial charge in [-0.25, -0.2) is 12.7 Å². The number of sulfonamides is 1. The molecule has 1 amide bonds. The summed E-state index contributed by atoms with van der Waals surface area (Å²) < 4.78 is 24.5. The van der Waals surface area contributed by atoms with Crippen molar-refractivity contribution in [1.82, 2.24) is 14.5 Å². The van der Waals surface area contributed by atoms with Crippen molar-refractivity contribution in [3.63, 3.8) is 0 Å². The Labute approximate surface area is 108 Å². The molecule has 2 N–H and O–H groups in total. The number of carbonyl (C=O) groups excluding carboxylic acids is 1. The fraction of sp³-hybridized carbons (Fsp3) is 0.900. The van der Waals surface area contributed by atoms with E-state index < -0.39 is 15.9 Å². The van der Waals surface area contributed by atoms with Gasteiger partial charge in [0.15, 0.2) is 0 Å². The Balaban J connectivity index is 2.83. The Morgan fingerprint density at radius 3 is 2.56 bits per heavy atom. The first kappa shape index (κ1) is 15.4. The van der Waals surface area contributed by atoms with Crippen molar-refractivity contribution in [2.75, 3.05) is 52.6 Å². The van der Waals surface area contributed by atoms with Gasteiger partial charge in [0.2, 0.25) is 15.9 Å². The van der Waals surface area contributed by atoms with Crippen molar-refractivity contribution in [3.8, 4) is 0 Å². The molecular weight excluding hydrogens is 258 g/mol. The van der Waals surface area contributed by atoms with E-state index in [-0.39, 0.29) is 19.1 Å². The maximum atomic E-state index is 11.7. The van der Waals surface area contributed by atoms with E-state index in [0.717, 1.165) is 6.26 Å². The Bertz CT molecular complexity index is 385. The van der Waals surface area contributed by atoms with Gasteiger partial charge in [-0.3, -0.25) is 9.69 Å². The molecule has 0 bridgehead atoms. The zero-order valence-electron chi connectivity index (χ0n) is 10.8. The fourth-order valence-corrected chi connectivity index (χ4v) is 2.93. The van der Waals surface area contributed by atoms with E-state index >= 15 is 0 Å². The molecule has 0 spiro atoms. The molecule has 0 saturated carbocycles. The minimum atomic E-state index is -3.30. The maximum absolute atomic E-state index is 11.7. The number of β-amino-alcohol motifs (C(OH)–C–C–N with tert-alkyl or cyclic N) is 1. The summed E-state index contributed by atoms with van der Waals surface area (Å²) in [6.45, 7) is 1.99. The molecule has 1 aliphatic rings. The lowest BCUT2D eigenvalue weighted by atomic mass is 10.1. The van der Waals surface area contributed by atoms with Crippen molar-refractivity contribution < 1.29 is 18.3 Å².